The molecule has 0 spiro atoms. The molecule has 3 aromatic rings. The SMILES string of the molecule is CNn1ccc(-c2ccc(C)cc2)n/c1=N\Nc1ccc([N+](=O)[O-])cc1[N+](=O)[O-]. The van der Waals surface area contributed by atoms with Gasteiger partial charge in [0.1, 0.15) is 5.69 Å². The molecule has 2 aromatic carbocycles. The van der Waals surface area contributed by atoms with Crippen LogP contribution in [-0.2, 0) is 0 Å². The molecule has 0 radical (unpaired) electrons. The monoisotopic (exact) mass is 395 g/mol. The van der Waals surface area contributed by atoms with Crippen LogP contribution in [0.15, 0.2) is 59.8 Å². The van der Waals surface area contributed by atoms with Crippen molar-refractivity contribution < 1.29 is 9.85 Å². The molecule has 0 atom stereocenters. The Bertz CT molecular complexity index is 1140. The smallest absolute Gasteiger partial charge is 0.301 e. The molecule has 0 amide bonds. The van der Waals surface area contributed by atoms with Crippen molar-refractivity contribution in [2.75, 3.05) is 17.9 Å². The third kappa shape index (κ3) is 4.35. The number of non-ortho nitro benzene ring substituents is 1. The summed E-state index contributed by atoms with van der Waals surface area (Å²) >= 11 is 0. The lowest BCUT2D eigenvalue weighted by Crippen LogP contribution is -2.30. The van der Waals surface area contributed by atoms with Crippen LogP contribution in [0.25, 0.3) is 11.3 Å². The minimum Gasteiger partial charge on any atom is -0.326 e. The number of nitro benzene ring substituents is 2. The molecule has 11 nitrogen and oxygen atoms in total. The van der Waals surface area contributed by atoms with E-state index in [4.69, 9.17) is 0 Å². The van der Waals surface area contributed by atoms with Crippen LogP contribution in [0.2, 0.25) is 0 Å². The van der Waals surface area contributed by atoms with Crippen molar-refractivity contribution in [1.29, 1.82) is 0 Å². The quantitative estimate of drug-likeness (QED) is 0.483. The fraction of sp³-hybridized carbons (Fsp3) is 0.111. The molecule has 0 aliphatic carbocycles. The van der Waals surface area contributed by atoms with Crippen molar-refractivity contribution in [2.24, 2.45) is 5.10 Å². The van der Waals surface area contributed by atoms with Crippen molar-refractivity contribution in [3.63, 3.8) is 0 Å². The molecular formula is C18H17N7O4. The number of aryl methyl sites for hydroxylation is 1. The van der Waals surface area contributed by atoms with E-state index in [2.05, 4.69) is 20.9 Å². The average molecular weight is 395 g/mol. The second-order valence-corrected chi connectivity index (χ2v) is 6.01. The van der Waals surface area contributed by atoms with Gasteiger partial charge in [-0.2, -0.15) is 0 Å². The van der Waals surface area contributed by atoms with E-state index < -0.39 is 15.5 Å². The third-order valence-corrected chi connectivity index (χ3v) is 4.07. The van der Waals surface area contributed by atoms with Crippen LogP contribution >= 0.6 is 0 Å². The van der Waals surface area contributed by atoms with Gasteiger partial charge in [0.2, 0.25) is 0 Å². The van der Waals surface area contributed by atoms with Gasteiger partial charge in [-0.1, -0.05) is 29.8 Å². The maximum Gasteiger partial charge on any atom is 0.301 e. The summed E-state index contributed by atoms with van der Waals surface area (Å²) in [4.78, 5) is 25.2. The van der Waals surface area contributed by atoms with E-state index >= 15 is 0 Å². The van der Waals surface area contributed by atoms with E-state index in [1.165, 1.54) is 10.7 Å². The van der Waals surface area contributed by atoms with Gasteiger partial charge in [0.05, 0.1) is 21.6 Å². The maximum atomic E-state index is 11.3. The zero-order valence-corrected chi connectivity index (χ0v) is 15.6. The molecule has 0 unspecified atom stereocenters. The Morgan fingerprint density at radius 3 is 2.38 bits per heavy atom. The molecule has 0 fully saturated rings. The topological polar surface area (TPSA) is 141 Å². The van der Waals surface area contributed by atoms with Crippen molar-refractivity contribution in [2.45, 2.75) is 6.92 Å². The number of benzene rings is 2. The van der Waals surface area contributed by atoms with Gasteiger partial charge in [0, 0.05) is 24.9 Å². The third-order valence-electron chi connectivity index (χ3n) is 4.07. The first-order valence-corrected chi connectivity index (χ1v) is 8.46. The van der Waals surface area contributed by atoms with Crippen LogP contribution in [0.5, 0.6) is 0 Å². The number of anilines is 1. The minimum atomic E-state index is -0.715. The number of aromatic nitrogens is 2. The molecule has 29 heavy (non-hydrogen) atoms. The van der Waals surface area contributed by atoms with Crippen LogP contribution < -0.4 is 16.5 Å². The second kappa shape index (κ2) is 8.17. The summed E-state index contributed by atoms with van der Waals surface area (Å²) < 4.78 is 1.52. The first-order valence-electron chi connectivity index (χ1n) is 8.46. The zero-order chi connectivity index (χ0) is 21.0. The molecule has 1 aromatic heterocycles. The van der Waals surface area contributed by atoms with Gasteiger partial charge in [0.25, 0.3) is 11.3 Å². The highest BCUT2D eigenvalue weighted by molar-refractivity contribution is 5.65. The van der Waals surface area contributed by atoms with Gasteiger partial charge in [-0.3, -0.25) is 25.7 Å². The van der Waals surface area contributed by atoms with Gasteiger partial charge in [-0.25, -0.2) is 9.66 Å². The Hall–Kier alpha value is -4.28. The number of hydrogen-bond donors (Lipinski definition) is 2. The first-order chi connectivity index (χ1) is 13.9. The standard InChI is InChI=1S/C18H17N7O4/c1-12-3-5-13(6-4-12)15-9-10-23(19-2)18(20-15)22-21-16-8-7-14(24(26)27)11-17(16)25(28)29/h3-11,19,21H,1-2H3/b22-18+. The number of nitrogens with zero attached hydrogens (tertiary/aromatic N) is 5. The highest BCUT2D eigenvalue weighted by Gasteiger charge is 2.19. The summed E-state index contributed by atoms with van der Waals surface area (Å²) in [6.07, 6.45) is 1.72. The van der Waals surface area contributed by atoms with Crippen molar-refractivity contribution >= 4 is 17.1 Å². The van der Waals surface area contributed by atoms with Gasteiger partial charge in [-0.15, -0.1) is 5.10 Å². The van der Waals surface area contributed by atoms with Gasteiger partial charge in [0.15, 0.2) is 0 Å². The predicted octanol–water partition coefficient (Wildman–Crippen LogP) is 2.78. The minimum absolute atomic E-state index is 0.00536. The molecule has 0 saturated heterocycles. The van der Waals surface area contributed by atoms with Crippen LogP contribution in [0.4, 0.5) is 17.1 Å². The average Bonchev–Trinajstić information content (AvgIpc) is 2.72. The second-order valence-electron chi connectivity index (χ2n) is 6.01. The van der Waals surface area contributed by atoms with Crippen LogP contribution in [0, 0.1) is 27.2 Å². The number of nitrogens with one attached hydrogen (secondary N) is 2. The predicted molar refractivity (Wildman–Crippen MR) is 107 cm³/mol. The zero-order valence-electron chi connectivity index (χ0n) is 15.6. The summed E-state index contributed by atoms with van der Waals surface area (Å²) in [7, 11) is 1.67. The van der Waals surface area contributed by atoms with E-state index in [9.17, 15) is 20.2 Å². The Balaban J connectivity index is 2.02. The Labute approximate surface area is 164 Å². The fourth-order valence-corrected chi connectivity index (χ4v) is 2.54. The van der Waals surface area contributed by atoms with Gasteiger partial charge >= 0.3 is 5.69 Å². The molecule has 1 heterocycles. The van der Waals surface area contributed by atoms with Crippen molar-refractivity contribution in [3.05, 3.63) is 86.1 Å². The molecule has 148 valence electrons. The lowest BCUT2D eigenvalue weighted by atomic mass is 10.1. The summed E-state index contributed by atoms with van der Waals surface area (Å²) in [6.45, 7) is 1.99. The Morgan fingerprint density at radius 1 is 1.03 bits per heavy atom. The number of rotatable bonds is 6. The van der Waals surface area contributed by atoms with E-state index in [0.29, 0.717) is 5.69 Å². The van der Waals surface area contributed by atoms with Crippen LogP contribution in [0.3, 0.4) is 0 Å². The number of hydrogen-bond acceptors (Lipinski definition) is 8. The van der Waals surface area contributed by atoms with Crippen molar-refractivity contribution in [3.8, 4) is 11.3 Å². The molecule has 3 rings (SSSR count). The molecule has 0 aliphatic heterocycles. The normalized spacial score (nSPS) is 11.2. The maximum absolute atomic E-state index is 11.3. The lowest BCUT2D eigenvalue weighted by molar-refractivity contribution is -0.393. The van der Waals surface area contributed by atoms with Crippen molar-refractivity contribution in [1.82, 2.24) is 9.66 Å². The van der Waals surface area contributed by atoms with E-state index in [1.54, 1.807) is 19.3 Å². The van der Waals surface area contributed by atoms with Crippen LogP contribution in [-0.4, -0.2) is 26.6 Å². The highest BCUT2D eigenvalue weighted by atomic mass is 16.6. The largest absolute Gasteiger partial charge is 0.326 e. The van der Waals surface area contributed by atoms with Gasteiger partial charge in [-0.05, 0) is 19.1 Å². The molecule has 0 saturated carbocycles. The Morgan fingerprint density at radius 2 is 1.76 bits per heavy atom. The van der Waals surface area contributed by atoms with Crippen LogP contribution in [0.1, 0.15) is 5.56 Å². The molecule has 0 bridgehead atoms. The fourth-order valence-electron chi connectivity index (χ4n) is 2.54. The summed E-state index contributed by atoms with van der Waals surface area (Å²) in [5.74, 6) is 0. The van der Waals surface area contributed by atoms with Gasteiger partial charge < -0.3 is 5.43 Å². The number of nitro groups is 2. The highest BCUT2D eigenvalue weighted by Crippen LogP contribution is 2.28. The summed E-state index contributed by atoms with van der Waals surface area (Å²) in [5, 5.41) is 26.3. The summed E-state index contributed by atoms with van der Waals surface area (Å²) in [6, 6.07) is 12.9. The molecule has 11 heteroatoms. The molecular weight excluding hydrogens is 378 g/mol. The van der Waals surface area contributed by atoms with E-state index in [0.717, 1.165) is 23.3 Å². The van der Waals surface area contributed by atoms with E-state index in [1.807, 2.05) is 31.2 Å². The Kier molecular flexibility index (Phi) is 5.49. The lowest BCUT2D eigenvalue weighted by Gasteiger charge is -2.08. The molecule has 2 N–H and O–H groups in total. The van der Waals surface area contributed by atoms with E-state index in [-0.39, 0.29) is 17.0 Å². The first kappa shape index (κ1) is 19.5. The summed E-state index contributed by atoms with van der Waals surface area (Å²) in [5.41, 5.74) is 7.49. The molecule has 0 aliphatic rings.